The molecule has 0 spiro atoms. The van der Waals surface area contributed by atoms with E-state index in [4.69, 9.17) is 0 Å². The number of sulfone groups is 1. The molecule has 162 valence electrons. The van der Waals surface area contributed by atoms with Crippen LogP contribution in [-0.2, 0) is 21.2 Å². The molecule has 3 aromatic rings. The third kappa shape index (κ3) is 4.83. The summed E-state index contributed by atoms with van der Waals surface area (Å²) < 4.78 is 24.0. The van der Waals surface area contributed by atoms with E-state index in [1.807, 2.05) is 36.4 Å². The van der Waals surface area contributed by atoms with Crippen LogP contribution < -0.4 is 10.5 Å². The molecule has 1 aromatic heterocycles. The van der Waals surface area contributed by atoms with E-state index in [1.165, 1.54) is 0 Å². The van der Waals surface area contributed by atoms with Crippen molar-refractivity contribution >= 4 is 32.3 Å². The summed E-state index contributed by atoms with van der Waals surface area (Å²) in [6.45, 7) is 0.333. The van der Waals surface area contributed by atoms with Crippen molar-refractivity contribution in [2.45, 2.75) is 19.0 Å². The Bertz CT molecular complexity index is 1260. The number of rotatable bonds is 6. The molecule has 1 fully saturated rings. The maximum absolute atomic E-state index is 13.2. The van der Waals surface area contributed by atoms with Crippen molar-refractivity contribution in [3.05, 3.63) is 70.8 Å². The summed E-state index contributed by atoms with van der Waals surface area (Å²) >= 11 is 0. The van der Waals surface area contributed by atoms with Crippen LogP contribution in [0.15, 0.2) is 59.4 Å². The van der Waals surface area contributed by atoms with E-state index < -0.39 is 9.84 Å². The Morgan fingerprint density at radius 3 is 2.55 bits per heavy atom. The second-order valence-corrected chi connectivity index (χ2v) is 10.1. The highest BCUT2D eigenvalue weighted by atomic mass is 32.2. The van der Waals surface area contributed by atoms with Crippen LogP contribution in [0.2, 0.25) is 0 Å². The van der Waals surface area contributed by atoms with Crippen molar-refractivity contribution in [3.8, 4) is 0 Å². The van der Waals surface area contributed by atoms with Crippen molar-refractivity contribution in [1.29, 1.82) is 0 Å². The first kappa shape index (κ1) is 21.2. The molecule has 4 rings (SSSR count). The molecule has 0 aliphatic carbocycles. The fraction of sp³-hybridized carbons (Fsp3) is 0.318. The van der Waals surface area contributed by atoms with Crippen LogP contribution in [0.25, 0.3) is 10.9 Å². The highest BCUT2D eigenvalue weighted by Crippen LogP contribution is 2.24. The molecule has 9 heteroatoms. The minimum absolute atomic E-state index is 0.0309. The van der Waals surface area contributed by atoms with E-state index >= 15 is 0 Å². The highest BCUT2D eigenvalue weighted by Gasteiger charge is 2.35. The van der Waals surface area contributed by atoms with Gasteiger partial charge in [-0.1, -0.05) is 30.3 Å². The first-order valence-electron chi connectivity index (χ1n) is 10.1. The molecule has 0 radical (unpaired) electrons. The third-order valence-corrected chi connectivity index (χ3v) is 7.11. The number of likely N-dealkylation sites (N-methyl/N-ethyl adjacent to an activating group) is 1. The molecule has 8 nitrogen and oxygen atoms in total. The van der Waals surface area contributed by atoms with Crippen molar-refractivity contribution in [1.82, 2.24) is 14.9 Å². The molecule has 1 aliphatic heterocycles. The van der Waals surface area contributed by atoms with Crippen molar-refractivity contribution in [3.63, 3.8) is 0 Å². The quantitative estimate of drug-likeness (QED) is 0.624. The number of carbonyl (C=O) groups excluding carboxylic acids is 1. The first-order valence-corrected chi connectivity index (χ1v) is 11.9. The number of anilines is 1. The summed E-state index contributed by atoms with van der Waals surface area (Å²) in [6.07, 6.45) is 0.423. The molecule has 1 aliphatic rings. The van der Waals surface area contributed by atoms with E-state index in [-0.39, 0.29) is 42.1 Å². The molecular formula is C22H24N4O4S. The Hall–Kier alpha value is -3.04. The summed E-state index contributed by atoms with van der Waals surface area (Å²) in [6, 6.07) is 15.8. The van der Waals surface area contributed by atoms with Gasteiger partial charge in [-0.25, -0.2) is 13.4 Å². The molecular weight excluding hydrogens is 416 g/mol. The number of fused-ring (bicyclic) bond motifs is 1. The molecule has 0 bridgehead atoms. The van der Waals surface area contributed by atoms with Gasteiger partial charge in [-0.05, 0) is 37.7 Å². The topological polar surface area (TPSA) is 103 Å². The molecule has 1 saturated heterocycles. The van der Waals surface area contributed by atoms with Gasteiger partial charge in [-0.15, -0.1) is 0 Å². The van der Waals surface area contributed by atoms with Gasteiger partial charge in [-0.3, -0.25) is 14.5 Å². The fourth-order valence-electron chi connectivity index (χ4n) is 3.95. The number of para-hydroxylation sites is 2. The summed E-state index contributed by atoms with van der Waals surface area (Å²) in [5.74, 6) is 0.330. The Balaban J connectivity index is 1.52. The van der Waals surface area contributed by atoms with E-state index in [1.54, 1.807) is 35.0 Å². The molecule has 2 heterocycles. The van der Waals surface area contributed by atoms with Gasteiger partial charge in [-0.2, -0.15) is 0 Å². The maximum Gasteiger partial charge on any atom is 0.258 e. The number of carbonyl (C=O) groups is 1. The van der Waals surface area contributed by atoms with E-state index in [2.05, 4.69) is 9.97 Å². The molecule has 1 amide bonds. The zero-order chi connectivity index (χ0) is 22.0. The Labute approximate surface area is 180 Å². The van der Waals surface area contributed by atoms with E-state index in [9.17, 15) is 18.0 Å². The Morgan fingerprint density at radius 2 is 1.84 bits per heavy atom. The Kier molecular flexibility index (Phi) is 5.88. The number of nitrogens with zero attached hydrogens (tertiary/aromatic N) is 3. The van der Waals surface area contributed by atoms with Gasteiger partial charge in [0.1, 0.15) is 5.82 Å². The highest BCUT2D eigenvalue weighted by molar-refractivity contribution is 7.91. The second-order valence-electron chi connectivity index (χ2n) is 7.86. The van der Waals surface area contributed by atoms with Gasteiger partial charge in [0.05, 0.1) is 41.5 Å². The van der Waals surface area contributed by atoms with Crippen LogP contribution in [-0.4, -0.2) is 60.3 Å². The lowest BCUT2D eigenvalue weighted by Crippen LogP contribution is -2.46. The van der Waals surface area contributed by atoms with Gasteiger partial charge >= 0.3 is 0 Å². The standard InChI is InChI=1S/C22H24N4O4S/c1-25(13-20-23-19-10-6-5-9-18(19)22(28)24-20)14-21(27)26(16-7-3-2-4-8-16)17-11-12-31(29,30)15-17/h2-10,17H,11-15H2,1H3,(H,23,24,28). The van der Waals surface area contributed by atoms with Crippen LogP contribution in [0.1, 0.15) is 12.2 Å². The van der Waals surface area contributed by atoms with Gasteiger partial charge in [0.15, 0.2) is 9.84 Å². The second kappa shape index (κ2) is 8.60. The number of amides is 1. The summed E-state index contributed by atoms with van der Waals surface area (Å²) in [4.78, 5) is 36.1. The molecule has 1 unspecified atom stereocenters. The molecule has 0 saturated carbocycles. The number of aromatic amines is 1. The normalized spacial score (nSPS) is 17.8. The minimum Gasteiger partial charge on any atom is -0.309 e. The van der Waals surface area contributed by atoms with Crippen LogP contribution in [0.3, 0.4) is 0 Å². The number of nitrogens with one attached hydrogen (secondary N) is 1. The van der Waals surface area contributed by atoms with Crippen LogP contribution >= 0.6 is 0 Å². The van der Waals surface area contributed by atoms with Crippen LogP contribution in [0.5, 0.6) is 0 Å². The predicted molar refractivity (Wildman–Crippen MR) is 120 cm³/mol. The van der Waals surface area contributed by atoms with E-state index in [0.717, 1.165) is 0 Å². The van der Waals surface area contributed by atoms with Gasteiger partial charge in [0.2, 0.25) is 5.91 Å². The lowest BCUT2D eigenvalue weighted by Gasteiger charge is -2.30. The predicted octanol–water partition coefficient (Wildman–Crippen LogP) is 1.58. The number of hydrogen-bond acceptors (Lipinski definition) is 6. The lowest BCUT2D eigenvalue weighted by atomic mass is 10.1. The summed E-state index contributed by atoms with van der Waals surface area (Å²) in [5, 5.41) is 0.516. The first-order chi connectivity index (χ1) is 14.8. The van der Waals surface area contributed by atoms with Crippen LogP contribution in [0.4, 0.5) is 5.69 Å². The van der Waals surface area contributed by atoms with Gasteiger partial charge in [0, 0.05) is 5.69 Å². The zero-order valence-electron chi connectivity index (χ0n) is 17.2. The van der Waals surface area contributed by atoms with Crippen molar-refractivity contribution < 1.29 is 13.2 Å². The number of H-pyrrole nitrogens is 1. The maximum atomic E-state index is 13.2. The third-order valence-electron chi connectivity index (χ3n) is 5.36. The smallest absolute Gasteiger partial charge is 0.258 e. The Morgan fingerprint density at radius 1 is 1.13 bits per heavy atom. The number of hydrogen-bond donors (Lipinski definition) is 1. The number of benzene rings is 2. The monoisotopic (exact) mass is 440 g/mol. The van der Waals surface area contributed by atoms with Gasteiger partial charge in [0.25, 0.3) is 5.56 Å². The van der Waals surface area contributed by atoms with Crippen LogP contribution in [0, 0.1) is 0 Å². The summed E-state index contributed by atoms with van der Waals surface area (Å²) in [5.41, 5.74) is 1.06. The van der Waals surface area contributed by atoms with Crippen molar-refractivity contribution in [2.24, 2.45) is 0 Å². The SMILES string of the molecule is CN(CC(=O)N(c1ccccc1)C1CCS(=O)(=O)C1)Cc1nc2ccccc2c(=O)[nH]1. The average molecular weight is 441 g/mol. The average Bonchev–Trinajstić information content (AvgIpc) is 3.08. The molecule has 2 aromatic carbocycles. The zero-order valence-corrected chi connectivity index (χ0v) is 18.0. The van der Waals surface area contributed by atoms with E-state index in [0.29, 0.717) is 28.8 Å². The molecule has 31 heavy (non-hydrogen) atoms. The molecule has 1 atom stereocenters. The van der Waals surface area contributed by atoms with Crippen molar-refractivity contribution in [2.75, 3.05) is 30.0 Å². The fourth-order valence-corrected chi connectivity index (χ4v) is 5.65. The largest absolute Gasteiger partial charge is 0.309 e. The van der Waals surface area contributed by atoms with Gasteiger partial charge < -0.3 is 9.88 Å². The lowest BCUT2D eigenvalue weighted by molar-refractivity contribution is -0.120. The minimum atomic E-state index is -3.14. The number of aromatic nitrogens is 2. The molecule has 1 N–H and O–H groups in total. The summed E-state index contributed by atoms with van der Waals surface area (Å²) in [7, 11) is -1.38.